The molecule has 0 aromatic carbocycles. The molecule has 1 aliphatic carbocycles. The van der Waals surface area contributed by atoms with Crippen molar-refractivity contribution in [2.45, 2.75) is 63.6 Å². The Morgan fingerprint density at radius 2 is 1.88 bits per heavy atom. The zero-order valence-corrected chi connectivity index (χ0v) is 15.1. The van der Waals surface area contributed by atoms with E-state index in [1.165, 1.54) is 32.1 Å². The van der Waals surface area contributed by atoms with E-state index < -0.39 is 0 Å². The van der Waals surface area contributed by atoms with Gasteiger partial charge in [-0.15, -0.1) is 10.2 Å². The average Bonchev–Trinajstić information content (AvgIpc) is 3.16. The highest BCUT2D eigenvalue weighted by Crippen LogP contribution is 2.28. The zero-order chi connectivity index (χ0) is 17.8. The van der Waals surface area contributed by atoms with Gasteiger partial charge in [0, 0.05) is 25.2 Å². The van der Waals surface area contributed by atoms with Crippen molar-refractivity contribution < 1.29 is 5.11 Å². The number of hydrogen-bond donors (Lipinski definition) is 2. The van der Waals surface area contributed by atoms with E-state index in [4.69, 9.17) is 0 Å². The van der Waals surface area contributed by atoms with Crippen molar-refractivity contribution in [3.8, 4) is 0 Å². The molecule has 0 amide bonds. The Balaban J connectivity index is 1.39. The maximum absolute atomic E-state index is 9.66. The van der Waals surface area contributed by atoms with Crippen LogP contribution in [-0.2, 0) is 6.54 Å². The van der Waals surface area contributed by atoms with Crippen LogP contribution in [0.5, 0.6) is 0 Å². The van der Waals surface area contributed by atoms with Gasteiger partial charge in [0.25, 0.3) is 0 Å². The first kappa shape index (κ1) is 17.2. The fraction of sp³-hybridized carbons (Fsp3) is 0.667. The van der Waals surface area contributed by atoms with Crippen LogP contribution in [0.25, 0.3) is 0 Å². The molecule has 1 saturated heterocycles. The fourth-order valence-electron chi connectivity index (χ4n) is 3.94. The van der Waals surface area contributed by atoms with E-state index in [2.05, 4.69) is 34.9 Å². The number of piperidine rings is 1. The zero-order valence-electron chi connectivity index (χ0n) is 15.1. The van der Waals surface area contributed by atoms with Crippen molar-refractivity contribution in [3.63, 3.8) is 0 Å². The lowest BCUT2D eigenvalue weighted by Gasteiger charge is -2.30. The molecule has 2 aromatic rings. The van der Waals surface area contributed by atoms with Gasteiger partial charge in [-0.3, -0.25) is 0 Å². The van der Waals surface area contributed by atoms with Crippen molar-refractivity contribution in [2.24, 2.45) is 0 Å². The van der Waals surface area contributed by atoms with E-state index >= 15 is 0 Å². The first-order chi connectivity index (χ1) is 12.8. The highest BCUT2D eigenvalue weighted by atomic mass is 16.3. The monoisotopic (exact) mass is 357 g/mol. The van der Waals surface area contributed by atoms with Crippen LogP contribution >= 0.6 is 0 Å². The third-order valence-corrected chi connectivity index (χ3v) is 5.48. The topological polar surface area (TPSA) is 92.0 Å². The Bertz CT molecular complexity index is 705. The van der Waals surface area contributed by atoms with Crippen LogP contribution in [0.3, 0.4) is 0 Å². The van der Waals surface area contributed by atoms with E-state index in [1.54, 1.807) is 6.33 Å². The standard InChI is InChI=1S/C18H27N7O/c26-15-6-8-24(9-7-15)17-10-16(20-12-21-17)19-11-18-23-22-13-25(18)14-4-2-1-3-5-14/h10,12-15,26H,1-9,11H2,(H,19,20,21). The lowest BCUT2D eigenvalue weighted by Crippen LogP contribution is -2.36. The molecule has 8 heteroatoms. The number of aliphatic hydroxyl groups is 1. The first-order valence-electron chi connectivity index (χ1n) is 9.67. The Morgan fingerprint density at radius 1 is 1.08 bits per heavy atom. The van der Waals surface area contributed by atoms with E-state index in [9.17, 15) is 5.11 Å². The third kappa shape index (κ3) is 3.95. The van der Waals surface area contributed by atoms with Gasteiger partial charge >= 0.3 is 0 Å². The van der Waals surface area contributed by atoms with Crippen molar-refractivity contribution in [3.05, 3.63) is 24.5 Å². The van der Waals surface area contributed by atoms with Gasteiger partial charge in [0.15, 0.2) is 5.82 Å². The SMILES string of the molecule is OC1CCN(c2cc(NCc3nncn3C3CCCCC3)ncn2)CC1. The van der Waals surface area contributed by atoms with Gasteiger partial charge in [-0.1, -0.05) is 19.3 Å². The maximum Gasteiger partial charge on any atom is 0.152 e. The predicted molar refractivity (Wildman–Crippen MR) is 99.0 cm³/mol. The number of aliphatic hydroxyl groups excluding tert-OH is 1. The van der Waals surface area contributed by atoms with Gasteiger partial charge in [0.05, 0.1) is 12.6 Å². The molecule has 0 spiro atoms. The number of aromatic nitrogens is 5. The molecule has 2 aliphatic rings. The molecular weight excluding hydrogens is 330 g/mol. The van der Waals surface area contributed by atoms with Gasteiger partial charge in [0.2, 0.25) is 0 Å². The molecule has 0 radical (unpaired) electrons. The Kier molecular flexibility index (Phi) is 5.29. The van der Waals surface area contributed by atoms with Crippen LogP contribution in [0.1, 0.15) is 56.8 Å². The second-order valence-corrected chi connectivity index (χ2v) is 7.28. The Morgan fingerprint density at radius 3 is 2.69 bits per heavy atom. The van der Waals surface area contributed by atoms with Gasteiger partial charge in [-0.05, 0) is 25.7 Å². The fourth-order valence-corrected chi connectivity index (χ4v) is 3.94. The summed E-state index contributed by atoms with van der Waals surface area (Å²) in [6, 6.07) is 2.50. The highest BCUT2D eigenvalue weighted by molar-refractivity contribution is 5.48. The molecule has 2 aromatic heterocycles. The first-order valence-corrected chi connectivity index (χ1v) is 9.67. The summed E-state index contributed by atoms with van der Waals surface area (Å²) in [5, 5.41) is 21.4. The molecule has 3 heterocycles. The summed E-state index contributed by atoms with van der Waals surface area (Å²) in [5.74, 6) is 2.65. The smallest absolute Gasteiger partial charge is 0.152 e. The molecule has 2 fully saturated rings. The molecule has 8 nitrogen and oxygen atoms in total. The molecule has 1 aliphatic heterocycles. The number of nitrogens with zero attached hydrogens (tertiary/aromatic N) is 6. The molecular formula is C18H27N7O. The van der Waals surface area contributed by atoms with Crippen molar-refractivity contribution in [1.82, 2.24) is 24.7 Å². The summed E-state index contributed by atoms with van der Waals surface area (Å²) in [6.07, 6.45) is 11.2. The van der Waals surface area contributed by atoms with Gasteiger partial charge in [0.1, 0.15) is 24.3 Å². The molecule has 0 atom stereocenters. The summed E-state index contributed by atoms with van der Waals surface area (Å²) in [4.78, 5) is 10.9. The summed E-state index contributed by atoms with van der Waals surface area (Å²) >= 11 is 0. The highest BCUT2D eigenvalue weighted by Gasteiger charge is 2.20. The normalized spacial score (nSPS) is 19.7. The molecule has 140 valence electrons. The number of anilines is 2. The summed E-state index contributed by atoms with van der Waals surface area (Å²) in [6.45, 7) is 2.26. The third-order valence-electron chi connectivity index (χ3n) is 5.48. The second kappa shape index (κ2) is 7.99. The number of nitrogens with one attached hydrogen (secondary N) is 1. The van der Waals surface area contributed by atoms with Gasteiger partial charge in [-0.2, -0.15) is 0 Å². The number of rotatable bonds is 5. The Labute approximate surface area is 153 Å². The van der Waals surface area contributed by atoms with Crippen LogP contribution in [0.15, 0.2) is 18.7 Å². The van der Waals surface area contributed by atoms with Crippen molar-refractivity contribution in [2.75, 3.05) is 23.3 Å². The quantitative estimate of drug-likeness (QED) is 0.847. The molecule has 26 heavy (non-hydrogen) atoms. The molecule has 4 rings (SSSR count). The second-order valence-electron chi connectivity index (χ2n) is 7.28. The van der Waals surface area contributed by atoms with Gasteiger partial charge in [-0.25, -0.2) is 9.97 Å². The number of hydrogen-bond acceptors (Lipinski definition) is 7. The van der Waals surface area contributed by atoms with Crippen LogP contribution in [0, 0.1) is 0 Å². The summed E-state index contributed by atoms with van der Waals surface area (Å²) in [7, 11) is 0. The predicted octanol–water partition coefficient (Wildman–Crippen LogP) is 2.15. The maximum atomic E-state index is 9.66. The van der Waals surface area contributed by atoms with E-state index in [1.807, 2.05) is 12.4 Å². The van der Waals surface area contributed by atoms with Crippen molar-refractivity contribution >= 4 is 11.6 Å². The summed E-state index contributed by atoms with van der Waals surface area (Å²) < 4.78 is 2.22. The minimum absolute atomic E-state index is 0.183. The molecule has 2 N–H and O–H groups in total. The molecule has 0 bridgehead atoms. The minimum Gasteiger partial charge on any atom is -0.393 e. The van der Waals surface area contributed by atoms with Gasteiger partial charge < -0.3 is 19.9 Å². The van der Waals surface area contributed by atoms with Crippen LogP contribution in [0.4, 0.5) is 11.6 Å². The molecule has 1 saturated carbocycles. The van der Waals surface area contributed by atoms with Crippen molar-refractivity contribution in [1.29, 1.82) is 0 Å². The van der Waals surface area contributed by atoms with Crippen LogP contribution < -0.4 is 10.2 Å². The van der Waals surface area contributed by atoms with E-state index in [0.29, 0.717) is 12.6 Å². The van der Waals surface area contributed by atoms with E-state index in [-0.39, 0.29) is 6.10 Å². The minimum atomic E-state index is -0.183. The van der Waals surface area contributed by atoms with Crippen LogP contribution in [0.2, 0.25) is 0 Å². The lowest BCUT2D eigenvalue weighted by atomic mass is 9.95. The average molecular weight is 357 g/mol. The lowest BCUT2D eigenvalue weighted by molar-refractivity contribution is 0.145. The molecule has 0 unspecified atom stereocenters. The Hall–Kier alpha value is -2.22. The van der Waals surface area contributed by atoms with Crippen LogP contribution in [-0.4, -0.2) is 49.0 Å². The largest absolute Gasteiger partial charge is 0.393 e. The summed E-state index contributed by atoms with van der Waals surface area (Å²) in [5.41, 5.74) is 0. The van der Waals surface area contributed by atoms with E-state index in [0.717, 1.165) is 43.4 Å².